The lowest BCUT2D eigenvalue weighted by molar-refractivity contribution is -0.140. The summed E-state index contributed by atoms with van der Waals surface area (Å²) in [4.78, 5) is 8.77. The smallest absolute Gasteiger partial charge is 0.419 e. The maximum Gasteiger partial charge on any atom is 0.419 e. The van der Waals surface area contributed by atoms with Gasteiger partial charge in [-0.3, -0.25) is 0 Å². The number of aromatic nitrogens is 2. The molecule has 4 aromatic rings. The van der Waals surface area contributed by atoms with Crippen molar-refractivity contribution in [3.8, 4) is 17.1 Å². The van der Waals surface area contributed by atoms with E-state index in [4.69, 9.17) is 4.74 Å². The van der Waals surface area contributed by atoms with Crippen LogP contribution in [0.5, 0.6) is 5.75 Å². The van der Waals surface area contributed by atoms with Gasteiger partial charge in [0.25, 0.3) is 0 Å². The van der Waals surface area contributed by atoms with Crippen LogP contribution in [-0.2, 0) is 19.0 Å². The lowest BCUT2D eigenvalue weighted by atomic mass is 9.98. The van der Waals surface area contributed by atoms with Crippen molar-refractivity contribution in [3.05, 3.63) is 89.2 Å². The monoisotopic (exact) mass is 528 g/mol. The molecule has 38 heavy (non-hydrogen) atoms. The van der Waals surface area contributed by atoms with Crippen molar-refractivity contribution >= 4 is 10.8 Å². The molecule has 1 aromatic heterocycles. The van der Waals surface area contributed by atoms with Gasteiger partial charge in [-0.05, 0) is 54.0 Å². The molecule has 0 unspecified atom stereocenters. The van der Waals surface area contributed by atoms with E-state index in [1.807, 2.05) is 0 Å². The number of alkyl halides is 3. The third-order valence-electron chi connectivity index (χ3n) is 6.46. The fourth-order valence-corrected chi connectivity index (χ4v) is 4.33. The van der Waals surface area contributed by atoms with Crippen molar-refractivity contribution < 1.29 is 26.7 Å². The standard InChI is InChI=1S/C30H29F5N2O/c1-2-3-4-5-6-15-38-24-18-36-29(37-19-24)23-12-13-25-22(17-23)11-10-21(28(25)32)9-7-20-8-14-26(27(31)16-20)30(33,34)35/h8,10-14,16-19H,2-7,9,15H2,1H3. The summed E-state index contributed by atoms with van der Waals surface area (Å²) in [6.45, 7) is 2.80. The second kappa shape index (κ2) is 12.3. The fraction of sp³-hybridized carbons (Fsp3) is 0.333. The second-order valence-electron chi connectivity index (χ2n) is 9.29. The van der Waals surface area contributed by atoms with Crippen LogP contribution in [-0.4, -0.2) is 16.6 Å². The van der Waals surface area contributed by atoms with E-state index in [2.05, 4.69) is 16.9 Å². The topological polar surface area (TPSA) is 35.0 Å². The average Bonchev–Trinajstić information content (AvgIpc) is 2.90. The van der Waals surface area contributed by atoms with Gasteiger partial charge in [0.05, 0.1) is 24.6 Å². The van der Waals surface area contributed by atoms with Crippen LogP contribution in [0.2, 0.25) is 0 Å². The molecule has 1 heterocycles. The molecule has 0 saturated carbocycles. The van der Waals surface area contributed by atoms with Crippen molar-refractivity contribution in [2.75, 3.05) is 6.61 Å². The predicted octanol–water partition coefficient (Wildman–Crippen LogP) is 8.73. The van der Waals surface area contributed by atoms with Gasteiger partial charge in [-0.2, -0.15) is 13.2 Å². The quantitative estimate of drug-likeness (QED) is 0.144. The minimum absolute atomic E-state index is 0.205. The van der Waals surface area contributed by atoms with Crippen LogP contribution >= 0.6 is 0 Å². The van der Waals surface area contributed by atoms with Gasteiger partial charge in [0.1, 0.15) is 11.6 Å². The summed E-state index contributed by atoms with van der Waals surface area (Å²) >= 11 is 0. The van der Waals surface area contributed by atoms with Crippen molar-refractivity contribution in [3.63, 3.8) is 0 Å². The minimum Gasteiger partial charge on any atom is -0.490 e. The summed E-state index contributed by atoms with van der Waals surface area (Å²) in [6, 6.07) is 11.4. The van der Waals surface area contributed by atoms with Crippen LogP contribution in [0.25, 0.3) is 22.2 Å². The third-order valence-corrected chi connectivity index (χ3v) is 6.46. The Kier molecular flexibility index (Phi) is 8.92. The molecule has 8 heteroatoms. The molecular weight excluding hydrogens is 499 g/mol. The molecule has 0 N–H and O–H groups in total. The second-order valence-corrected chi connectivity index (χ2v) is 9.29. The molecule has 0 amide bonds. The van der Waals surface area contributed by atoms with Crippen molar-refractivity contribution in [2.24, 2.45) is 0 Å². The number of fused-ring (bicyclic) bond motifs is 1. The van der Waals surface area contributed by atoms with Crippen LogP contribution in [0.1, 0.15) is 55.7 Å². The maximum atomic E-state index is 15.2. The third kappa shape index (κ3) is 6.85. The van der Waals surface area contributed by atoms with E-state index in [1.165, 1.54) is 25.3 Å². The molecular formula is C30H29F5N2O. The van der Waals surface area contributed by atoms with Gasteiger partial charge in [0, 0.05) is 10.9 Å². The van der Waals surface area contributed by atoms with Gasteiger partial charge in [0.2, 0.25) is 0 Å². The molecule has 200 valence electrons. The highest BCUT2D eigenvalue weighted by molar-refractivity contribution is 5.87. The molecule has 0 spiro atoms. The van der Waals surface area contributed by atoms with Crippen LogP contribution in [0.3, 0.4) is 0 Å². The Morgan fingerprint density at radius 3 is 2.29 bits per heavy atom. The summed E-state index contributed by atoms with van der Waals surface area (Å²) < 4.78 is 73.1. The molecule has 0 saturated heterocycles. The molecule has 3 nitrogen and oxygen atoms in total. The summed E-state index contributed by atoms with van der Waals surface area (Å²) in [5.74, 6) is -0.638. The molecule has 0 bridgehead atoms. The SMILES string of the molecule is CCCCCCCOc1cnc(-c2ccc3c(F)c(CCc4ccc(C(F)(F)F)c(F)c4)ccc3c2)nc1. The number of benzene rings is 3. The van der Waals surface area contributed by atoms with Gasteiger partial charge in [-0.1, -0.05) is 62.9 Å². The van der Waals surface area contributed by atoms with E-state index in [1.54, 1.807) is 42.7 Å². The average molecular weight is 529 g/mol. The van der Waals surface area contributed by atoms with E-state index in [-0.39, 0.29) is 12.8 Å². The molecule has 0 aliphatic rings. The molecule has 0 atom stereocenters. The zero-order valence-corrected chi connectivity index (χ0v) is 21.1. The molecule has 0 fully saturated rings. The first-order valence-corrected chi connectivity index (χ1v) is 12.8. The van der Waals surface area contributed by atoms with Crippen LogP contribution in [0.15, 0.2) is 60.9 Å². The Morgan fingerprint density at radius 2 is 1.58 bits per heavy atom. The van der Waals surface area contributed by atoms with Crippen molar-refractivity contribution in [1.29, 1.82) is 0 Å². The number of halogens is 5. The number of ether oxygens (including phenoxy) is 1. The van der Waals surface area contributed by atoms with Gasteiger partial charge in [-0.15, -0.1) is 0 Å². The largest absolute Gasteiger partial charge is 0.490 e. The highest BCUT2D eigenvalue weighted by Crippen LogP contribution is 2.32. The van der Waals surface area contributed by atoms with E-state index >= 15 is 4.39 Å². The summed E-state index contributed by atoms with van der Waals surface area (Å²) in [5.41, 5.74) is 0.193. The van der Waals surface area contributed by atoms with Crippen molar-refractivity contribution in [1.82, 2.24) is 9.97 Å². The van der Waals surface area contributed by atoms with E-state index in [0.717, 1.165) is 30.5 Å². The van der Waals surface area contributed by atoms with Gasteiger partial charge in [0.15, 0.2) is 11.6 Å². The lowest BCUT2D eigenvalue weighted by Gasteiger charge is -2.11. The Bertz CT molecular complexity index is 1370. The molecule has 0 aliphatic carbocycles. The zero-order chi connectivity index (χ0) is 27.1. The molecule has 0 aliphatic heterocycles. The van der Waals surface area contributed by atoms with Gasteiger partial charge < -0.3 is 4.74 Å². The highest BCUT2D eigenvalue weighted by atomic mass is 19.4. The zero-order valence-electron chi connectivity index (χ0n) is 21.1. The van der Waals surface area contributed by atoms with Crippen LogP contribution < -0.4 is 4.74 Å². The fourth-order valence-electron chi connectivity index (χ4n) is 4.33. The molecule has 4 rings (SSSR count). The first-order chi connectivity index (χ1) is 18.3. The summed E-state index contributed by atoms with van der Waals surface area (Å²) in [6.07, 6.45) is 4.70. The molecule has 0 radical (unpaired) electrons. The first-order valence-electron chi connectivity index (χ1n) is 12.8. The van der Waals surface area contributed by atoms with Crippen molar-refractivity contribution in [2.45, 2.75) is 58.0 Å². The Morgan fingerprint density at radius 1 is 0.816 bits per heavy atom. The lowest BCUT2D eigenvalue weighted by Crippen LogP contribution is -2.08. The van der Waals surface area contributed by atoms with Gasteiger partial charge >= 0.3 is 6.18 Å². The number of nitrogens with zero attached hydrogens (tertiary/aromatic N) is 2. The summed E-state index contributed by atoms with van der Waals surface area (Å²) in [7, 11) is 0. The summed E-state index contributed by atoms with van der Waals surface area (Å²) in [5, 5.41) is 1.08. The highest BCUT2D eigenvalue weighted by Gasteiger charge is 2.33. The normalized spacial score (nSPS) is 11.7. The van der Waals surface area contributed by atoms with Crippen LogP contribution in [0, 0.1) is 11.6 Å². The minimum atomic E-state index is -4.75. The Labute approximate surface area is 218 Å². The van der Waals surface area contributed by atoms with E-state index in [9.17, 15) is 17.6 Å². The molecule has 3 aromatic carbocycles. The number of rotatable bonds is 11. The van der Waals surface area contributed by atoms with E-state index < -0.39 is 23.4 Å². The van der Waals surface area contributed by atoms with Crippen LogP contribution in [0.4, 0.5) is 22.0 Å². The van der Waals surface area contributed by atoms with Gasteiger partial charge in [-0.25, -0.2) is 18.7 Å². The maximum absolute atomic E-state index is 15.2. The number of unbranched alkanes of at least 4 members (excludes halogenated alkanes) is 4. The predicted molar refractivity (Wildman–Crippen MR) is 138 cm³/mol. The Hall–Kier alpha value is -3.55. The van der Waals surface area contributed by atoms with E-state index in [0.29, 0.717) is 40.1 Å². The number of aryl methyl sites for hydroxylation is 2. The Balaban J connectivity index is 1.40. The first kappa shape index (κ1) is 27.5. The number of hydrogen-bond donors (Lipinski definition) is 0. The number of hydrogen-bond acceptors (Lipinski definition) is 3.